The monoisotopic (exact) mass is 281 g/mol. The number of hydrogen-bond acceptors (Lipinski definition) is 5. The van der Waals surface area contributed by atoms with Crippen LogP contribution in [0.1, 0.15) is 24.5 Å². The van der Waals surface area contributed by atoms with Gasteiger partial charge in [-0.1, -0.05) is 6.92 Å². The molecule has 1 aromatic heterocycles. The van der Waals surface area contributed by atoms with E-state index in [-0.39, 0.29) is 0 Å². The van der Waals surface area contributed by atoms with Crippen LogP contribution in [0.2, 0.25) is 0 Å². The van der Waals surface area contributed by atoms with Crippen LogP contribution in [0.5, 0.6) is 0 Å². The molecule has 2 rings (SSSR count). The summed E-state index contributed by atoms with van der Waals surface area (Å²) in [4.78, 5) is 10.7. The van der Waals surface area contributed by atoms with Crippen molar-refractivity contribution in [2.75, 3.05) is 23.8 Å². The molecule has 0 radical (unpaired) electrons. The minimum Gasteiger partial charge on any atom is -0.370 e. The van der Waals surface area contributed by atoms with Crippen LogP contribution in [0, 0.1) is 18.3 Å². The van der Waals surface area contributed by atoms with E-state index in [0.29, 0.717) is 5.56 Å². The van der Waals surface area contributed by atoms with E-state index in [0.717, 1.165) is 35.9 Å². The Hall–Kier alpha value is -2.61. The van der Waals surface area contributed by atoms with Gasteiger partial charge in [0.15, 0.2) is 0 Å². The molecule has 0 aliphatic carbocycles. The number of nitrogens with one attached hydrogen (secondary N) is 1. The lowest BCUT2D eigenvalue weighted by molar-refractivity contribution is 0.954. The molecule has 1 N–H and O–H groups in total. The fraction of sp³-hybridized carbons (Fsp3) is 0.312. The molecule has 0 unspecified atom stereocenters. The van der Waals surface area contributed by atoms with E-state index in [2.05, 4.69) is 28.3 Å². The van der Waals surface area contributed by atoms with Crippen LogP contribution >= 0.6 is 0 Å². The largest absolute Gasteiger partial charge is 0.370 e. The maximum absolute atomic E-state index is 8.85. The van der Waals surface area contributed by atoms with Gasteiger partial charge in [-0.2, -0.15) is 5.26 Å². The summed E-state index contributed by atoms with van der Waals surface area (Å²) in [7, 11) is 1.96. The average molecular weight is 281 g/mol. The third-order valence-corrected chi connectivity index (χ3v) is 3.30. The fourth-order valence-corrected chi connectivity index (χ4v) is 2.08. The minimum absolute atomic E-state index is 0.650. The Bertz CT molecular complexity index is 643. The van der Waals surface area contributed by atoms with Gasteiger partial charge in [-0.05, 0) is 37.6 Å². The van der Waals surface area contributed by atoms with Crippen LogP contribution in [0.3, 0.4) is 0 Å². The molecule has 0 bridgehead atoms. The molecule has 0 aliphatic rings. The van der Waals surface area contributed by atoms with E-state index >= 15 is 0 Å². The van der Waals surface area contributed by atoms with Gasteiger partial charge in [-0.25, -0.2) is 9.97 Å². The Kier molecular flexibility index (Phi) is 4.72. The maximum Gasteiger partial charge on any atom is 0.141 e. The van der Waals surface area contributed by atoms with E-state index in [1.165, 1.54) is 0 Å². The van der Waals surface area contributed by atoms with Gasteiger partial charge >= 0.3 is 0 Å². The Morgan fingerprint density at radius 3 is 2.57 bits per heavy atom. The first-order chi connectivity index (χ1) is 10.2. The molecule has 0 fully saturated rings. The summed E-state index contributed by atoms with van der Waals surface area (Å²) in [5.41, 5.74) is 2.65. The first kappa shape index (κ1) is 14.8. The van der Waals surface area contributed by atoms with E-state index < -0.39 is 0 Å². The van der Waals surface area contributed by atoms with Gasteiger partial charge in [0.05, 0.1) is 11.6 Å². The number of nitriles is 1. The summed E-state index contributed by atoms with van der Waals surface area (Å²) >= 11 is 0. The topological polar surface area (TPSA) is 64.8 Å². The fourth-order valence-electron chi connectivity index (χ4n) is 2.08. The molecule has 0 amide bonds. The van der Waals surface area contributed by atoms with Crippen molar-refractivity contribution < 1.29 is 0 Å². The molecular formula is C16H19N5. The van der Waals surface area contributed by atoms with Gasteiger partial charge in [-0.15, -0.1) is 0 Å². The summed E-state index contributed by atoms with van der Waals surface area (Å²) in [5.74, 6) is 1.72. The van der Waals surface area contributed by atoms with Gasteiger partial charge in [0, 0.05) is 24.8 Å². The first-order valence-corrected chi connectivity index (χ1v) is 6.96. The highest BCUT2D eigenvalue weighted by Gasteiger charge is 2.12. The van der Waals surface area contributed by atoms with Crippen molar-refractivity contribution in [1.82, 2.24) is 9.97 Å². The number of benzene rings is 1. The van der Waals surface area contributed by atoms with Crippen molar-refractivity contribution in [3.8, 4) is 6.07 Å². The second-order valence-corrected chi connectivity index (χ2v) is 4.82. The van der Waals surface area contributed by atoms with Crippen LogP contribution in [0.15, 0.2) is 30.6 Å². The van der Waals surface area contributed by atoms with Crippen LogP contribution in [-0.2, 0) is 0 Å². The highest BCUT2D eigenvalue weighted by atomic mass is 15.2. The normalized spacial score (nSPS) is 10.0. The molecule has 0 aliphatic heterocycles. The number of aromatic nitrogens is 2. The Labute approximate surface area is 125 Å². The van der Waals surface area contributed by atoms with Crippen molar-refractivity contribution in [2.24, 2.45) is 0 Å². The molecule has 5 heteroatoms. The van der Waals surface area contributed by atoms with Gasteiger partial charge in [0.1, 0.15) is 18.0 Å². The van der Waals surface area contributed by atoms with Crippen LogP contribution in [0.4, 0.5) is 17.3 Å². The molecule has 0 saturated heterocycles. The molecule has 21 heavy (non-hydrogen) atoms. The molecule has 108 valence electrons. The van der Waals surface area contributed by atoms with E-state index in [1.54, 1.807) is 18.5 Å². The van der Waals surface area contributed by atoms with Crippen molar-refractivity contribution in [1.29, 1.82) is 5.26 Å². The first-order valence-electron chi connectivity index (χ1n) is 6.96. The predicted octanol–water partition coefficient (Wildman–Crippen LogP) is 3.25. The quantitative estimate of drug-likeness (QED) is 0.911. The summed E-state index contributed by atoms with van der Waals surface area (Å²) in [6.07, 6.45) is 2.62. The summed E-state index contributed by atoms with van der Waals surface area (Å²) in [5, 5.41) is 12.2. The van der Waals surface area contributed by atoms with E-state index in [9.17, 15) is 0 Å². The zero-order valence-electron chi connectivity index (χ0n) is 12.6. The lowest BCUT2D eigenvalue weighted by Crippen LogP contribution is -2.15. The summed E-state index contributed by atoms with van der Waals surface area (Å²) in [6, 6.07) is 9.56. The molecule has 0 atom stereocenters. The van der Waals surface area contributed by atoms with Gasteiger partial charge < -0.3 is 10.2 Å². The zero-order chi connectivity index (χ0) is 15.2. The van der Waals surface area contributed by atoms with Crippen LogP contribution < -0.4 is 10.2 Å². The lowest BCUT2D eigenvalue weighted by atomic mass is 10.2. The van der Waals surface area contributed by atoms with Gasteiger partial charge in [0.2, 0.25) is 0 Å². The molecule has 1 heterocycles. The SMILES string of the molecule is CCCNc1ncnc(N(C)c2ccc(C#N)cc2)c1C. The summed E-state index contributed by atoms with van der Waals surface area (Å²) < 4.78 is 0. The highest BCUT2D eigenvalue weighted by Crippen LogP contribution is 2.27. The Morgan fingerprint density at radius 1 is 1.24 bits per heavy atom. The van der Waals surface area contributed by atoms with Gasteiger partial charge in [0.25, 0.3) is 0 Å². The van der Waals surface area contributed by atoms with E-state index in [4.69, 9.17) is 5.26 Å². The van der Waals surface area contributed by atoms with Crippen LogP contribution in [-0.4, -0.2) is 23.6 Å². The molecule has 2 aromatic rings. The molecule has 0 saturated carbocycles. The molecular weight excluding hydrogens is 262 g/mol. The smallest absolute Gasteiger partial charge is 0.141 e. The highest BCUT2D eigenvalue weighted by molar-refractivity contribution is 5.66. The standard InChI is InChI=1S/C16H19N5/c1-4-9-18-15-12(2)16(20-11-19-15)21(3)14-7-5-13(10-17)6-8-14/h5-8,11H,4,9H2,1-3H3,(H,18,19,20). The molecule has 0 spiro atoms. The van der Waals surface area contributed by atoms with Crippen molar-refractivity contribution in [3.63, 3.8) is 0 Å². The number of anilines is 3. The Balaban J connectivity index is 2.29. The van der Waals surface area contributed by atoms with Gasteiger partial charge in [-0.3, -0.25) is 0 Å². The minimum atomic E-state index is 0.650. The zero-order valence-corrected chi connectivity index (χ0v) is 12.6. The second kappa shape index (κ2) is 6.71. The molecule has 5 nitrogen and oxygen atoms in total. The predicted molar refractivity (Wildman–Crippen MR) is 84.8 cm³/mol. The molecule has 1 aromatic carbocycles. The van der Waals surface area contributed by atoms with Crippen LogP contribution in [0.25, 0.3) is 0 Å². The van der Waals surface area contributed by atoms with Crippen molar-refractivity contribution >= 4 is 17.3 Å². The average Bonchev–Trinajstić information content (AvgIpc) is 2.53. The number of nitrogens with zero attached hydrogens (tertiary/aromatic N) is 4. The second-order valence-electron chi connectivity index (χ2n) is 4.82. The van der Waals surface area contributed by atoms with Crippen molar-refractivity contribution in [2.45, 2.75) is 20.3 Å². The lowest BCUT2D eigenvalue weighted by Gasteiger charge is -2.21. The third kappa shape index (κ3) is 3.29. The third-order valence-electron chi connectivity index (χ3n) is 3.30. The summed E-state index contributed by atoms with van der Waals surface area (Å²) in [6.45, 7) is 5.01. The number of rotatable bonds is 5. The maximum atomic E-state index is 8.85. The van der Waals surface area contributed by atoms with E-state index in [1.807, 2.05) is 31.0 Å². The van der Waals surface area contributed by atoms with Crippen molar-refractivity contribution in [3.05, 3.63) is 41.7 Å². The Morgan fingerprint density at radius 2 is 1.95 bits per heavy atom. The number of hydrogen-bond donors (Lipinski definition) is 1.